The van der Waals surface area contributed by atoms with Gasteiger partial charge in [-0.2, -0.15) is 5.26 Å². The minimum absolute atomic E-state index is 0.0332. The summed E-state index contributed by atoms with van der Waals surface area (Å²) in [5.74, 6) is -0.609. The molecule has 1 aliphatic rings. The van der Waals surface area contributed by atoms with E-state index in [-0.39, 0.29) is 12.1 Å². The van der Waals surface area contributed by atoms with Gasteiger partial charge >= 0.3 is 0 Å². The van der Waals surface area contributed by atoms with E-state index in [0.29, 0.717) is 48.3 Å². The van der Waals surface area contributed by atoms with Crippen LogP contribution in [0.2, 0.25) is 0 Å². The first-order valence-electron chi connectivity index (χ1n) is 12.2. The lowest BCUT2D eigenvalue weighted by atomic mass is 9.93. The Morgan fingerprint density at radius 1 is 1.16 bits per heavy atom. The van der Waals surface area contributed by atoms with Crippen molar-refractivity contribution in [2.24, 2.45) is 0 Å². The number of aromatic nitrogens is 2. The molecule has 4 aromatic rings. The Bertz CT molecular complexity index is 1530. The van der Waals surface area contributed by atoms with E-state index in [9.17, 15) is 9.65 Å². The minimum atomic E-state index is -1.31. The Balaban J connectivity index is 1.68. The zero-order chi connectivity index (χ0) is 26.2. The van der Waals surface area contributed by atoms with Gasteiger partial charge in [-0.05, 0) is 55.8 Å². The second kappa shape index (κ2) is 9.75. The molecule has 0 saturated carbocycles. The zero-order valence-corrected chi connectivity index (χ0v) is 20.9. The molecule has 37 heavy (non-hydrogen) atoms. The number of nitriles is 1. The van der Waals surface area contributed by atoms with Crippen molar-refractivity contribution in [3.8, 4) is 28.5 Å². The van der Waals surface area contributed by atoms with Crippen LogP contribution in [-0.2, 0) is 6.54 Å². The van der Waals surface area contributed by atoms with Crippen LogP contribution in [-0.4, -0.2) is 53.5 Å². The maximum Gasteiger partial charge on any atom is 0.141 e. The van der Waals surface area contributed by atoms with Crippen LogP contribution in [0.1, 0.15) is 24.0 Å². The number of benzene rings is 2. The molecule has 188 valence electrons. The van der Waals surface area contributed by atoms with E-state index in [1.165, 1.54) is 18.3 Å². The normalized spacial score (nSPS) is 15.4. The first-order chi connectivity index (χ1) is 17.9. The standard InChI is InChI=1S/C29H28F2N6/c1-34-25-6-5-20(13-22(25)16-33)28-27(19-3-4-21(15-32)24(30)14-19)23-7-10-37(26(23)17-35-28)18-29(31)8-11-36(2)12-9-29/h3-7,10,13-14,16-17,33-34H,8-9,11-12,18H2,1-2H3. The lowest BCUT2D eigenvalue weighted by molar-refractivity contribution is 0.0543. The number of nitrogens with one attached hydrogen (secondary N) is 2. The van der Waals surface area contributed by atoms with Crippen LogP contribution in [0.5, 0.6) is 0 Å². The molecule has 2 aromatic heterocycles. The predicted molar refractivity (Wildman–Crippen MR) is 143 cm³/mol. The number of fused-ring (bicyclic) bond motifs is 1. The Labute approximate surface area is 214 Å². The van der Waals surface area contributed by atoms with Crippen molar-refractivity contribution in [3.05, 3.63) is 71.8 Å². The number of halogens is 2. The smallest absolute Gasteiger partial charge is 0.141 e. The topological polar surface area (TPSA) is 80.7 Å². The highest BCUT2D eigenvalue weighted by Gasteiger charge is 2.34. The van der Waals surface area contributed by atoms with Crippen molar-refractivity contribution >= 4 is 22.8 Å². The zero-order valence-electron chi connectivity index (χ0n) is 20.9. The number of pyridine rings is 1. The SMILES string of the molecule is CNc1ccc(-c2ncc3c(ccn3CC3(F)CCN(C)CC3)c2-c2ccc(C#N)c(F)c2)cc1C=N. The van der Waals surface area contributed by atoms with E-state index in [1.54, 1.807) is 19.3 Å². The predicted octanol–water partition coefficient (Wildman–Crippen LogP) is 5.85. The van der Waals surface area contributed by atoms with Gasteiger partial charge in [0.1, 0.15) is 17.6 Å². The second-order valence-electron chi connectivity index (χ2n) is 9.68. The van der Waals surface area contributed by atoms with Crippen molar-refractivity contribution in [2.75, 3.05) is 32.5 Å². The lowest BCUT2D eigenvalue weighted by Gasteiger charge is -2.34. The summed E-state index contributed by atoms with van der Waals surface area (Å²) in [6.07, 6.45) is 5.81. The number of piperidine rings is 1. The molecule has 1 fully saturated rings. The molecule has 5 rings (SSSR count). The fourth-order valence-electron chi connectivity index (χ4n) is 5.11. The number of hydrogen-bond acceptors (Lipinski definition) is 5. The molecule has 2 N–H and O–H groups in total. The highest BCUT2D eigenvalue weighted by molar-refractivity contribution is 6.02. The van der Waals surface area contributed by atoms with E-state index < -0.39 is 11.5 Å². The third kappa shape index (κ3) is 4.58. The molecule has 1 saturated heterocycles. The number of rotatable bonds is 6. The monoisotopic (exact) mass is 498 g/mol. The summed E-state index contributed by atoms with van der Waals surface area (Å²) < 4.78 is 32.4. The highest BCUT2D eigenvalue weighted by Crippen LogP contribution is 2.39. The Kier molecular flexibility index (Phi) is 6.48. The molecule has 6 nitrogen and oxygen atoms in total. The molecule has 0 radical (unpaired) electrons. The third-order valence-electron chi connectivity index (χ3n) is 7.29. The first-order valence-corrected chi connectivity index (χ1v) is 12.2. The van der Waals surface area contributed by atoms with Gasteiger partial charge in [-0.15, -0.1) is 0 Å². The van der Waals surface area contributed by atoms with E-state index in [4.69, 9.17) is 10.4 Å². The molecule has 0 aliphatic carbocycles. The number of anilines is 1. The van der Waals surface area contributed by atoms with Gasteiger partial charge in [0.15, 0.2) is 0 Å². The molecule has 3 heterocycles. The molecule has 0 bridgehead atoms. The molecular weight excluding hydrogens is 470 g/mol. The molecule has 0 spiro atoms. The molecule has 1 aliphatic heterocycles. The van der Waals surface area contributed by atoms with E-state index in [0.717, 1.165) is 22.2 Å². The Morgan fingerprint density at radius 2 is 1.92 bits per heavy atom. The average molecular weight is 499 g/mol. The Morgan fingerprint density at radius 3 is 2.59 bits per heavy atom. The van der Waals surface area contributed by atoms with Gasteiger partial charge in [0.2, 0.25) is 0 Å². The summed E-state index contributed by atoms with van der Waals surface area (Å²) in [6, 6.07) is 14.0. The summed E-state index contributed by atoms with van der Waals surface area (Å²) in [4.78, 5) is 6.92. The maximum absolute atomic E-state index is 15.7. The van der Waals surface area contributed by atoms with Gasteiger partial charge < -0.3 is 20.2 Å². The second-order valence-corrected chi connectivity index (χ2v) is 9.68. The van der Waals surface area contributed by atoms with E-state index in [1.807, 2.05) is 48.1 Å². The van der Waals surface area contributed by atoms with Crippen molar-refractivity contribution in [3.63, 3.8) is 0 Å². The Hall–Kier alpha value is -4.09. The molecule has 0 unspecified atom stereocenters. The summed E-state index contributed by atoms with van der Waals surface area (Å²) in [7, 11) is 3.80. The van der Waals surface area contributed by atoms with Crippen LogP contribution in [0, 0.1) is 22.6 Å². The number of likely N-dealkylation sites (tertiary alicyclic amines) is 1. The maximum atomic E-state index is 15.7. The molecule has 0 amide bonds. The van der Waals surface area contributed by atoms with Crippen molar-refractivity contribution in [1.29, 1.82) is 10.7 Å². The van der Waals surface area contributed by atoms with Crippen molar-refractivity contribution in [2.45, 2.75) is 25.1 Å². The van der Waals surface area contributed by atoms with Gasteiger partial charge in [0, 0.05) is 60.3 Å². The van der Waals surface area contributed by atoms with E-state index >= 15 is 4.39 Å². The van der Waals surface area contributed by atoms with Gasteiger partial charge in [0.25, 0.3) is 0 Å². The minimum Gasteiger partial charge on any atom is -0.388 e. The highest BCUT2D eigenvalue weighted by atomic mass is 19.1. The largest absolute Gasteiger partial charge is 0.388 e. The van der Waals surface area contributed by atoms with Crippen LogP contribution in [0.25, 0.3) is 33.3 Å². The van der Waals surface area contributed by atoms with Crippen LogP contribution >= 0.6 is 0 Å². The summed E-state index contributed by atoms with van der Waals surface area (Å²) in [6.45, 7) is 1.65. The number of nitrogens with zero attached hydrogens (tertiary/aromatic N) is 4. The van der Waals surface area contributed by atoms with Crippen molar-refractivity contribution < 1.29 is 8.78 Å². The van der Waals surface area contributed by atoms with Crippen LogP contribution in [0.3, 0.4) is 0 Å². The summed E-state index contributed by atoms with van der Waals surface area (Å²) in [5.41, 5.74) is 3.59. The summed E-state index contributed by atoms with van der Waals surface area (Å²) >= 11 is 0. The lowest BCUT2D eigenvalue weighted by Crippen LogP contribution is -2.42. The van der Waals surface area contributed by atoms with Gasteiger partial charge in [-0.3, -0.25) is 4.98 Å². The fourth-order valence-corrected chi connectivity index (χ4v) is 5.11. The number of hydrogen-bond donors (Lipinski definition) is 2. The molecule has 2 aromatic carbocycles. The average Bonchev–Trinajstić information content (AvgIpc) is 3.31. The fraction of sp³-hybridized carbons (Fsp3) is 0.276. The van der Waals surface area contributed by atoms with Crippen LogP contribution in [0.15, 0.2) is 54.9 Å². The van der Waals surface area contributed by atoms with Gasteiger partial charge in [-0.1, -0.05) is 12.1 Å². The van der Waals surface area contributed by atoms with E-state index in [2.05, 4.69) is 10.2 Å². The van der Waals surface area contributed by atoms with Crippen LogP contribution < -0.4 is 5.32 Å². The summed E-state index contributed by atoms with van der Waals surface area (Å²) in [5, 5.41) is 20.9. The number of alkyl halides is 1. The quantitative estimate of drug-likeness (QED) is 0.327. The van der Waals surface area contributed by atoms with Crippen molar-refractivity contribution in [1.82, 2.24) is 14.5 Å². The van der Waals surface area contributed by atoms with Crippen LogP contribution in [0.4, 0.5) is 14.5 Å². The van der Waals surface area contributed by atoms with Gasteiger partial charge in [0.05, 0.1) is 29.5 Å². The molecule has 0 atom stereocenters. The first kappa shape index (κ1) is 24.6. The third-order valence-corrected chi connectivity index (χ3v) is 7.29. The molecular formula is C29H28F2N6. The molecule has 8 heteroatoms. The van der Waals surface area contributed by atoms with Gasteiger partial charge in [-0.25, -0.2) is 8.78 Å².